The number of esters is 2. The van der Waals surface area contributed by atoms with Crippen LogP contribution in [0.2, 0.25) is 0 Å². The van der Waals surface area contributed by atoms with E-state index < -0.39 is 12.1 Å². The summed E-state index contributed by atoms with van der Waals surface area (Å²) in [5.41, 5.74) is 2.01. The van der Waals surface area contributed by atoms with Crippen LogP contribution in [-0.2, 0) is 24.0 Å². The van der Waals surface area contributed by atoms with Gasteiger partial charge in [-0.2, -0.15) is 0 Å². The van der Waals surface area contributed by atoms with Crippen LogP contribution in [0.15, 0.2) is 60.6 Å². The normalized spacial score (nSPS) is 24.1. The van der Waals surface area contributed by atoms with Gasteiger partial charge in [0.15, 0.2) is 17.3 Å². The number of carbonyl (C=O) groups excluding carboxylic acids is 3. The molecule has 10 heteroatoms. The number of carbonyl (C=O) groups is 3. The van der Waals surface area contributed by atoms with E-state index in [1.807, 2.05) is 5.64 Å². The Kier molecular flexibility index (Phi) is 8.31. The zero-order valence-electron chi connectivity index (χ0n) is 18.6. The van der Waals surface area contributed by atoms with E-state index in [9.17, 15) is 24.6 Å². The van der Waals surface area contributed by atoms with Crippen LogP contribution in [0.4, 0.5) is 0 Å². The highest BCUT2D eigenvalue weighted by atomic mass is 16.9. The molecule has 1 saturated carbocycles. The zero-order chi connectivity index (χ0) is 24.7. The van der Waals surface area contributed by atoms with Gasteiger partial charge in [-0.3, -0.25) is 9.59 Å². The van der Waals surface area contributed by atoms with Gasteiger partial charge in [0.1, 0.15) is 11.9 Å². The third kappa shape index (κ3) is 6.61. The van der Waals surface area contributed by atoms with E-state index in [1.165, 1.54) is 36.4 Å². The molecule has 0 radical (unpaired) electrons. The molecule has 0 amide bonds. The number of hydrogen-bond acceptors (Lipinski definition) is 10. The third-order valence-electron chi connectivity index (χ3n) is 5.68. The molecule has 0 aliphatic heterocycles. The largest absolute Gasteiger partial charge is 0.504 e. The van der Waals surface area contributed by atoms with Crippen LogP contribution in [0.3, 0.4) is 0 Å². The molecular formula is C24H27NO9. The average molecular weight is 473 g/mol. The monoisotopic (exact) mass is 473 g/mol. The van der Waals surface area contributed by atoms with Crippen LogP contribution < -0.4 is 15.2 Å². The average Bonchev–Trinajstić information content (AvgIpc) is 2.83. The Bertz CT molecular complexity index is 975. The quantitative estimate of drug-likeness (QED) is 0.223. The Balaban J connectivity index is 1.42. The number of aliphatic hydroxyl groups excluding tert-OH is 2. The molecule has 182 valence electrons. The van der Waals surface area contributed by atoms with Gasteiger partial charge < -0.3 is 29.4 Å². The molecule has 2 aliphatic rings. The third-order valence-corrected chi connectivity index (χ3v) is 5.68. The first-order valence-electron chi connectivity index (χ1n) is 10.9. The molecule has 0 aromatic heterocycles. The van der Waals surface area contributed by atoms with E-state index in [2.05, 4.69) is 11.4 Å². The van der Waals surface area contributed by atoms with Gasteiger partial charge in [0.2, 0.25) is 0 Å². The predicted octanol–water partition coefficient (Wildman–Crippen LogP) is 3.37. The summed E-state index contributed by atoms with van der Waals surface area (Å²) in [5.74, 6) is -2.29. The van der Waals surface area contributed by atoms with Crippen LogP contribution in [0.25, 0.3) is 0 Å². The summed E-state index contributed by atoms with van der Waals surface area (Å²) in [7, 11) is 0. The number of ether oxygens (including phenoxy) is 2. The van der Waals surface area contributed by atoms with Crippen molar-refractivity contribution in [1.82, 2.24) is 5.64 Å². The summed E-state index contributed by atoms with van der Waals surface area (Å²) >= 11 is 0. The maximum atomic E-state index is 12.5. The Morgan fingerprint density at radius 3 is 2.12 bits per heavy atom. The van der Waals surface area contributed by atoms with Gasteiger partial charge in [-0.25, -0.2) is 4.79 Å². The molecule has 0 spiro atoms. The lowest BCUT2D eigenvalue weighted by atomic mass is 9.82. The molecule has 3 N–H and O–H groups in total. The number of hydrogen-bond donors (Lipinski definition) is 3. The van der Waals surface area contributed by atoms with Crippen LogP contribution in [-0.4, -0.2) is 34.2 Å². The zero-order valence-corrected chi connectivity index (χ0v) is 18.6. The highest BCUT2D eigenvalue weighted by Crippen LogP contribution is 2.32. The number of benzene rings is 1. The van der Waals surface area contributed by atoms with Gasteiger partial charge in [0.25, 0.3) is 0 Å². The molecule has 1 fully saturated rings. The first kappa shape index (κ1) is 24.8. The fourth-order valence-corrected chi connectivity index (χ4v) is 3.69. The highest BCUT2D eigenvalue weighted by molar-refractivity contribution is 5.80. The summed E-state index contributed by atoms with van der Waals surface area (Å²) in [6.45, 7) is 5.02. The molecule has 0 bridgehead atoms. The Hall–Kier alpha value is -3.79. The second-order valence-electron chi connectivity index (χ2n) is 8.12. The van der Waals surface area contributed by atoms with Crippen molar-refractivity contribution in [3.05, 3.63) is 60.6 Å². The topological polar surface area (TPSA) is 141 Å². The minimum absolute atomic E-state index is 0.230. The SMILES string of the molecule is C=CC(=O)ONOc1ccc(OC(=O)C2CCC(C(=O)OC3C=C(O)C(O)=CC3C)CC2)cc1. The molecule has 2 aliphatic carbocycles. The molecule has 1 aromatic carbocycles. The fraction of sp³-hybridized carbons (Fsp3) is 0.375. The van der Waals surface area contributed by atoms with Crippen molar-refractivity contribution in [2.45, 2.75) is 38.7 Å². The van der Waals surface area contributed by atoms with Crippen molar-refractivity contribution < 1.29 is 43.7 Å². The predicted molar refractivity (Wildman–Crippen MR) is 118 cm³/mol. The lowest BCUT2D eigenvalue weighted by Gasteiger charge is -2.29. The summed E-state index contributed by atoms with van der Waals surface area (Å²) in [6, 6.07) is 6.12. The molecule has 10 nitrogen and oxygen atoms in total. The van der Waals surface area contributed by atoms with Crippen molar-refractivity contribution >= 4 is 17.9 Å². The summed E-state index contributed by atoms with van der Waals surface area (Å²) < 4.78 is 10.9. The van der Waals surface area contributed by atoms with Crippen molar-refractivity contribution in [1.29, 1.82) is 0 Å². The molecule has 1 aromatic rings. The lowest BCUT2D eigenvalue weighted by molar-refractivity contribution is -0.164. The summed E-state index contributed by atoms with van der Waals surface area (Å²) in [6.07, 6.45) is 5.02. The summed E-state index contributed by atoms with van der Waals surface area (Å²) in [4.78, 5) is 45.5. The van der Waals surface area contributed by atoms with E-state index in [4.69, 9.17) is 14.3 Å². The highest BCUT2D eigenvalue weighted by Gasteiger charge is 2.34. The fourth-order valence-electron chi connectivity index (χ4n) is 3.69. The van der Waals surface area contributed by atoms with Gasteiger partial charge in [0, 0.05) is 23.7 Å². The molecule has 34 heavy (non-hydrogen) atoms. The van der Waals surface area contributed by atoms with Crippen molar-refractivity contribution in [3.63, 3.8) is 0 Å². The minimum Gasteiger partial charge on any atom is -0.504 e. The number of aliphatic hydroxyl groups is 2. The lowest BCUT2D eigenvalue weighted by Crippen LogP contribution is -2.33. The van der Waals surface area contributed by atoms with Crippen LogP contribution in [0.1, 0.15) is 32.6 Å². The Morgan fingerprint density at radius 1 is 0.941 bits per heavy atom. The van der Waals surface area contributed by atoms with Crippen LogP contribution in [0, 0.1) is 17.8 Å². The van der Waals surface area contributed by atoms with Crippen molar-refractivity contribution in [3.8, 4) is 11.5 Å². The molecule has 2 atom stereocenters. The first-order valence-corrected chi connectivity index (χ1v) is 10.9. The van der Waals surface area contributed by atoms with Gasteiger partial charge in [-0.05, 0) is 56.0 Å². The molecule has 3 rings (SSSR count). The van der Waals surface area contributed by atoms with Gasteiger partial charge in [0.05, 0.1) is 11.8 Å². The van der Waals surface area contributed by atoms with Gasteiger partial charge in [-0.15, -0.1) is 0 Å². The van der Waals surface area contributed by atoms with Crippen LogP contribution in [0.5, 0.6) is 11.5 Å². The molecule has 2 unspecified atom stereocenters. The molecule has 0 heterocycles. The standard InChI is InChI=1S/C24H27NO9/c1-3-22(28)34-25-33-18-10-8-17(9-11-18)31-23(29)15-4-6-16(7-5-15)24(30)32-21-13-20(27)19(26)12-14(21)2/h3,8-16,21,25-27H,1,4-7H2,2H3. The van der Waals surface area contributed by atoms with E-state index in [0.717, 1.165) is 6.08 Å². The molecular weight excluding hydrogens is 446 g/mol. The van der Waals surface area contributed by atoms with E-state index in [0.29, 0.717) is 37.2 Å². The second kappa shape index (κ2) is 11.4. The maximum Gasteiger partial charge on any atom is 0.352 e. The number of nitrogens with one attached hydrogen (secondary N) is 1. The van der Waals surface area contributed by atoms with Crippen molar-refractivity contribution in [2.75, 3.05) is 0 Å². The van der Waals surface area contributed by atoms with E-state index >= 15 is 0 Å². The maximum absolute atomic E-state index is 12.5. The van der Waals surface area contributed by atoms with Crippen molar-refractivity contribution in [2.24, 2.45) is 17.8 Å². The van der Waals surface area contributed by atoms with Crippen LogP contribution >= 0.6 is 0 Å². The van der Waals surface area contributed by atoms with Gasteiger partial charge in [-0.1, -0.05) is 13.5 Å². The van der Waals surface area contributed by atoms with E-state index in [1.54, 1.807) is 6.92 Å². The van der Waals surface area contributed by atoms with Gasteiger partial charge >= 0.3 is 17.9 Å². The Morgan fingerprint density at radius 2 is 1.50 bits per heavy atom. The molecule has 0 saturated heterocycles. The Labute approximate surface area is 196 Å². The number of rotatable bonds is 8. The second-order valence-corrected chi connectivity index (χ2v) is 8.12. The smallest absolute Gasteiger partial charge is 0.352 e. The summed E-state index contributed by atoms with van der Waals surface area (Å²) in [5, 5.41) is 19.2. The minimum atomic E-state index is -0.703. The first-order chi connectivity index (χ1) is 16.3. The van der Waals surface area contributed by atoms with E-state index in [-0.39, 0.29) is 41.2 Å².